The molecule has 0 spiro atoms. The minimum atomic E-state index is 1.03. The summed E-state index contributed by atoms with van der Waals surface area (Å²) in [5.41, 5.74) is 0. The van der Waals surface area contributed by atoms with Gasteiger partial charge in [0.25, 0.3) is 0 Å². The van der Waals surface area contributed by atoms with Crippen molar-refractivity contribution in [3.05, 3.63) is 0 Å². The molecule has 2 unspecified atom stereocenters. The molecule has 0 heteroatoms. The van der Waals surface area contributed by atoms with Crippen molar-refractivity contribution in [2.45, 2.75) is 46.5 Å². The van der Waals surface area contributed by atoms with Gasteiger partial charge in [0.15, 0.2) is 0 Å². The van der Waals surface area contributed by atoms with E-state index in [1.165, 1.54) is 25.7 Å². The molecule has 0 amide bonds. The summed E-state index contributed by atoms with van der Waals surface area (Å²) in [7, 11) is 0. The van der Waals surface area contributed by atoms with E-state index in [0.717, 1.165) is 17.8 Å². The highest BCUT2D eigenvalue weighted by Crippen LogP contribution is 2.41. The molecule has 0 aromatic rings. The van der Waals surface area contributed by atoms with Gasteiger partial charge in [0.2, 0.25) is 0 Å². The standard InChI is InChI=1S/C10H20/c1-4-9(5-2)10-7-6-8(10)3/h8-10H,4-7H2,1-3H3. The lowest BCUT2D eigenvalue weighted by atomic mass is 9.66. The summed E-state index contributed by atoms with van der Waals surface area (Å²) in [6.07, 6.45) is 5.78. The highest BCUT2D eigenvalue weighted by molar-refractivity contribution is 4.81. The second-order valence-corrected chi connectivity index (χ2v) is 3.80. The first kappa shape index (κ1) is 8.10. The Morgan fingerprint density at radius 1 is 1.20 bits per heavy atom. The van der Waals surface area contributed by atoms with E-state index in [9.17, 15) is 0 Å². The monoisotopic (exact) mass is 140 g/mol. The van der Waals surface area contributed by atoms with Crippen LogP contribution in [0.2, 0.25) is 0 Å². The molecule has 0 aliphatic heterocycles. The molecule has 0 N–H and O–H groups in total. The fourth-order valence-electron chi connectivity index (χ4n) is 2.29. The van der Waals surface area contributed by atoms with Crippen LogP contribution in [0.1, 0.15) is 46.5 Å². The van der Waals surface area contributed by atoms with Gasteiger partial charge in [0.05, 0.1) is 0 Å². The van der Waals surface area contributed by atoms with Crippen molar-refractivity contribution < 1.29 is 0 Å². The molecular formula is C10H20. The number of hydrogen-bond acceptors (Lipinski definition) is 0. The van der Waals surface area contributed by atoms with E-state index < -0.39 is 0 Å². The molecule has 60 valence electrons. The molecule has 0 saturated heterocycles. The maximum absolute atomic E-state index is 2.41. The SMILES string of the molecule is CCC(CC)C1CCC1C. The molecule has 1 aliphatic rings. The van der Waals surface area contributed by atoms with Crippen LogP contribution in [-0.4, -0.2) is 0 Å². The lowest BCUT2D eigenvalue weighted by Crippen LogP contribution is -2.29. The first-order valence-electron chi connectivity index (χ1n) is 4.79. The van der Waals surface area contributed by atoms with Crippen LogP contribution in [0.15, 0.2) is 0 Å². The Balaban J connectivity index is 2.31. The molecule has 1 saturated carbocycles. The van der Waals surface area contributed by atoms with Crippen LogP contribution in [-0.2, 0) is 0 Å². The van der Waals surface area contributed by atoms with Gasteiger partial charge in [-0.25, -0.2) is 0 Å². The average Bonchev–Trinajstić information content (AvgIpc) is 1.96. The van der Waals surface area contributed by atoms with Crippen molar-refractivity contribution in [3.63, 3.8) is 0 Å². The maximum atomic E-state index is 2.41. The summed E-state index contributed by atoms with van der Waals surface area (Å²) >= 11 is 0. The fraction of sp³-hybridized carbons (Fsp3) is 1.00. The summed E-state index contributed by atoms with van der Waals surface area (Å²) in [6.45, 7) is 7.07. The van der Waals surface area contributed by atoms with Crippen molar-refractivity contribution in [2.75, 3.05) is 0 Å². The van der Waals surface area contributed by atoms with E-state index in [1.54, 1.807) is 0 Å². The van der Waals surface area contributed by atoms with Crippen LogP contribution in [0.25, 0.3) is 0 Å². The third-order valence-electron chi connectivity index (χ3n) is 3.34. The highest BCUT2D eigenvalue weighted by atomic mass is 14.4. The molecule has 2 atom stereocenters. The minimum absolute atomic E-state index is 1.03. The van der Waals surface area contributed by atoms with Crippen molar-refractivity contribution >= 4 is 0 Å². The van der Waals surface area contributed by atoms with Crippen LogP contribution in [0.5, 0.6) is 0 Å². The zero-order valence-corrected chi connectivity index (χ0v) is 7.56. The van der Waals surface area contributed by atoms with Crippen LogP contribution < -0.4 is 0 Å². The molecule has 0 aromatic heterocycles. The third kappa shape index (κ3) is 1.36. The molecular weight excluding hydrogens is 120 g/mol. The summed E-state index contributed by atoms with van der Waals surface area (Å²) in [4.78, 5) is 0. The summed E-state index contributed by atoms with van der Waals surface area (Å²) in [6, 6.07) is 0. The highest BCUT2D eigenvalue weighted by Gasteiger charge is 2.31. The van der Waals surface area contributed by atoms with Crippen LogP contribution in [0.3, 0.4) is 0 Å². The molecule has 1 aliphatic carbocycles. The molecule has 1 rings (SSSR count). The molecule has 0 nitrogen and oxygen atoms in total. The van der Waals surface area contributed by atoms with E-state index in [1.807, 2.05) is 0 Å². The average molecular weight is 140 g/mol. The third-order valence-corrected chi connectivity index (χ3v) is 3.34. The first-order chi connectivity index (χ1) is 4.79. The first-order valence-corrected chi connectivity index (χ1v) is 4.79. The van der Waals surface area contributed by atoms with Crippen LogP contribution in [0, 0.1) is 17.8 Å². The van der Waals surface area contributed by atoms with E-state index >= 15 is 0 Å². The second-order valence-electron chi connectivity index (χ2n) is 3.80. The Morgan fingerprint density at radius 2 is 1.80 bits per heavy atom. The van der Waals surface area contributed by atoms with Crippen molar-refractivity contribution in [3.8, 4) is 0 Å². The molecule has 0 radical (unpaired) electrons. The Labute approximate surface area is 65.0 Å². The van der Waals surface area contributed by atoms with Gasteiger partial charge in [-0.3, -0.25) is 0 Å². The molecule has 0 heterocycles. The number of hydrogen-bond donors (Lipinski definition) is 0. The van der Waals surface area contributed by atoms with Gasteiger partial charge in [-0.2, -0.15) is 0 Å². The zero-order chi connectivity index (χ0) is 7.56. The molecule has 0 bridgehead atoms. The van der Waals surface area contributed by atoms with Gasteiger partial charge in [0, 0.05) is 0 Å². The lowest BCUT2D eigenvalue weighted by molar-refractivity contribution is 0.112. The lowest BCUT2D eigenvalue weighted by Gasteiger charge is -2.39. The Bertz CT molecular complexity index is 89.5. The zero-order valence-electron chi connectivity index (χ0n) is 7.56. The van der Waals surface area contributed by atoms with Crippen LogP contribution >= 0.6 is 0 Å². The summed E-state index contributed by atoms with van der Waals surface area (Å²) < 4.78 is 0. The predicted octanol–water partition coefficient (Wildman–Crippen LogP) is 3.47. The Kier molecular flexibility index (Phi) is 2.76. The van der Waals surface area contributed by atoms with Gasteiger partial charge >= 0.3 is 0 Å². The summed E-state index contributed by atoms with van der Waals surface area (Å²) in [5.74, 6) is 3.14. The Morgan fingerprint density at radius 3 is 1.90 bits per heavy atom. The maximum Gasteiger partial charge on any atom is -0.0360 e. The van der Waals surface area contributed by atoms with E-state index in [4.69, 9.17) is 0 Å². The molecule has 1 fully saturated rings. The van der Waals surface area contributed by atoms with Crippen LogP contribution in [0.4, 0.5) is 0 Å². The van der Waals surface area contributed by atoms with Crippen molar-refractivity contribution in [1.82, 2.24) is 0 Å². The van der Waals surface area contributed by atoms with Gasteiger partial charge in [-0.15, -0.1) is 0 Å². The smallest absolute Gasteiger partial charge is 0.0360 e. The number of rotatable bonds is 3. The normalized spacial score (nSPS) is 32.4. The predicted molar refractivity (Wildman–Crippen MR) is 46.0 cm³/mol. The fourth-order valence-corrected chi connectivity index (χ4v) is 2.29. The van der Waals surface area contributed by atoms with Crippen molar-refractivity contribution in [1.29, 1.82) is 0 Å². The van der Waals surface area contributed by atoms with E-state index in [2.05, 4.69) is 20.8 Å². The van der Waals surface area contributed by atoms with E-state index in [-0.39, 0.29) is 0 Å². The molecule has 0 aromatic carbocycles. The largest absolute Gasteiger partial charge is 0.0651 e. The van der Waals surface area contributed by atoms with Crippen molar-refractivity contribution in [2.24, 2.45) is 17.8 Å². The topological polar surface area (TPSA) is 0 Å². The van der Waals surface area contributed by atoms with Gasteiger partial charge in [-0.1, -0.05) is 40.0 Å². The minimum Gasteiger partial charge on any atom is -0.0651 e. The summed E-state index contributed by atoms with van der Waals surface area (Å²) in [5, 5.41) is 0. The quantitative estimate of drug-likeness (QED) is 0.563. The van der Waals surface area contributed by atoms with Gasteiger partial charge < -0.3 is 0 Å². The van der Waals surface area contributed by atoms with Gasteiger partial charge in [0.1, 0.15) is 0 Å². The Hall–Kier alpha value is 0. The van der Waals surface area contributed by atoms with Gasteiger partial charge in [-0.05, 0) is 24.2 Å². The van der Waals surface area contributed by atoms with E-state index in [0.29, 0.717) is 0 Å². The second kappa shape index (κ2) is 3.41. The molecule has 10 heavy (non-hydrogen) atoms.